The molecule has 0 spiro atoms. The number of aromatic amines is 1. The van der Waals surface area contributed by atoms with Crippen LogP contribution < -0.4 is 10.9 Å². The van der Waals surface area contributed by atoms with E-state index in [1.807, 2.05) is 32.0 Å². The molecule has 3 rings (SSSR count). The molecular formula is C22H26N4O3. The standard InChI is InChI=1S/C22H26N4O3/c1-3-26(14-20-24-19-7-5-4-6-18(19)21(28)25-20)22(29)23-15(2)8-9-16-10-12-17(27)13-11-16/h4-7,10-13,15,27H,3,8-9,14H2,1-2H3,(H,23,29)(H,24,25,28). The molecule has 7 nitrogen and oxygen atoms in total. The van der Waals surface area contributed by atoms with Crippen LogP contribution in [0.15, 0.2) is 53.3 Å². The van der Waals surface area contributed by atoms with Gasteiger partial charge in [0, 0.05) is 12.6 Å². The summed E-state index contributed by atoms with van der Waals surface area (Å²) in [7, 11) is 0. The molecule has 3 aromatic rings. The number of aromatic nitrogens is 2. The molecule has 0 bridgehead atoms. The first-order chi connectivity index (χ1) is 14.0. The van der Waals surface area contributed by atoms with Gasteiger partial charge in [0.2, 0.25) is 0 Å². The van der Waals surface area contributed by atoms with Gasteiger partial charge in [-0.2, -0.15) is 0 Å². The Labute approximate surface area is 169 Å². The number of benzene rings is 2. The normalized spacial score (nSPS) is 11.9. The zero-order valence-electron chi connectivity index (χ0n) is 16.7. The number of nitrogens with one attached hydrogen (secondary N) is 2. The van der Waals surface area contributed by atoms with Crippen LogP contribution in [0.4, 0.5) is 4.79 Å². The maximum atomic E-state index is 12.7. The Morgan fingerprint density at radius 1 is 1.21 bits per heavy atom. The Morgan fingerprint density at radius 3 is 2.66 bits per heavy atom. The van der Waals surface area contributed by atoms with Crippen molar-refractivity contribution in [2.45, 2.75) is 39.3 Å². The molecule has 0 aliphatic rings. The SMILES string of the molecule is CCN(Cc1nc2ccccc2c(=O)[nH]1)C(=O)NC(C)CCc1ccc(O)cc1. The molecule has 0 saturated heterocycles. The molecule has 7 heteroatoms. The van der Waals surface area contributed by atoms with Crippen molar-refractivity contribution in [2.75, 3.05) is 6.54 Å². The second-order valence-electron chi connectivity index (χ2n) is 7.10. The minimum Gasteiger partial charge on any atom is -0.508 e. The Morgan fingerprint density at radius 2 is 1.93 bits per heavy atom. The topological polar surface area (TPSA) is 98.3 Å². The van der Waals surface area contributed by atoms with Gasteiger partial charge in [0.05, 0.1) is 17.4 Å². The molecule has 0 saturated carbocycles. The number of amides is 2. The van der Waals surface area contributed by atoms with E-state index in [1.54, 1.807) is 35.2 Å². The third kappa shape index (κ3) is 5.34. The fraction of sp³-hybridized carbons (Fsp3) is 0.318. The van der Waals surface area contributed by atoms with Gasteiger partial charge in [0.25, 0.3) is 5.56 Å². The average molecular weight is 394 g/mol. The quantitative estimate of drug-likeness (QED) is 0.573. The van der Waals surface area contributed by atoms with Gasteiger partial charge >= 0.3 is 6.03 Å². The molecule has 1 atom stereocenters. The number of aryl methyl sites for hydroxylation is 1. The minimum atomic E-state index is -0.204. The molecule has 3 N–H and O–H groups in total. The van der Waals surface area contributed by atoms with Crippen LogP contribution in [-0.2, 0) is 13.0 Å². The van der Waals surface area contributed by atoms with Gasteiger partial charge in [-0.15, -0.1) is 0 Å². The van der Waals surface area contributed by atoms with Gasteiger partial charge < -0.3 is 20.3 Å². The van der Waals surface area contributed by atoms with Crippen LogP contribution in [0.1, 0.15) is 31.7 Å². The summed E-state index contributed by atoms with van der Waals surface area (Å²) in [5, 5.41) is 12.9. The van der Waals surface area contributed by atoms with Crippen molar-refractivity contribution in [1.29, 1.82) is 0 Å². The van der Waals surface area contributed by atoms with E-state index in [2.05, 4.69) is 15.3 Å². The maximum absolute atomic E-state index is 12.7. The average Bonchev–Trinajstić information content (AvgIpc) is 2.71. The molecule has 1 heterocycles. The molecule has 0 aliphatic heterocycles. The number of phenols is 1. The number of phenolic OH excluding ortho intramolecular Hbond substituents is 1. The lowest BCUT2D eigenvalue weighted by Crippen LogP contribution is -2.44. The molecule has 152 valence electrons. The van der Waals surface area contributed by atoms with E-state index in [9.17, 15) is 14.7 Å². The highest BCUT2D eigenvalue weighted by Crippen LogP contribution is 2.12. The van der Waals surface area contributed by atoms with E-state index < -0.39 is 0 Å². The van der Waals surface area contributed by atoms with E-state index >= 15 is 0 Å². The first-order valence-corrected chi connectivity index (χ1v) is 9.77. The van der Waals surface area contributed by atoms with Crippen molar-refractivity contribution < 1.29 is 9.90 Å². The van der Waals surface area contributed by atoms with Crippen LogP contribution in [0.25, 0.3) is 10.9 Å². The van der Waals surface area contributed by atoms with Gasteiger partial charge in [-0.05, 0) is 56.5 Å². The Kier molecular flexibility index (Phi) is 6.49. The van der Waals surface area contributed by atoms with E-state index in [4.69, 9.17) is 0 Å². The number of fused-ring (bicyclic) bond motifs is 1. The highest BCUT2D eigenvalue weighted by Gasteiger charge is 2.16. The smallest absolute Gasteiger partial charge is 0.318 e. The third-order valence-corrected chi connectivity index (χ3v) is 4.84. The number of rotatable bonds is 7. The molecule has 0 radical (unpaired) electrons. The lowest BCUT2D eigenvalue weighted by Gasteiger charge is -2.23. The fourth-order valence-corrected chi connectivity index (χ4v) is 3.14. The van der Waals surface area contributed by atoms with Gasteiger partial charge in [-0.1, -0.05) is 24.3 Å². The second-order valence-corrected chi connectivity index (χ2v) is 7.10. The van der Waals surface area contributed by atoms with Crippen molar-refractivity contribution in [3.05, 3.63) is 70.3 Å². The lowest BCUT2D eigenvalue weighted by atomic mass is 10.1. The second kappa shape index (κ2) is 9.23. The van der Waals surface area contributed by atoms with Crippen LogP contribution in [0.2, 0.25) is 0 Å². The van der Waals surface area contributed by atoms with Gasteiger partial charge in [-0.3, -0.25) is 4.79 Å². The van der Waals surface area contributed by atoms with Crippen molar-refractivity contribution in [3.8, 4) is 5.75 Å². The van der Waals surface area contributed by atoms with Crippen LogP contribution in [0.5, 0.6) is 5.75 Å². The van der Waals surface area contributed by atoms with Crippen LogP contribution in [0.3, 0.4) is 0 Å². The third-order valence-electron chi connectivity index (χ3n) is 4.84. The van der Waals surface area contributed by atoms with E-state index in [0.717, 1.165) is 18.4 Å². The van der Waals surface area contributed by atoms with Gasteiger partial charge in [-0.25, -0.2) is 9.78 Å². The molecule has 1 aromatic heterocycles. The highest BCUT2D eigenvalue weighted by molar-refractivity contribution is 5.77. The highest BCUT2D eigenvalue weighted by atomic mass is 16.3. The summed E-state index contributed by atoms with van der Waals surface area (Å²) in [4.78, 5) is 33.7. The first-order valence-electron chi connectivity index (χ1n) is 9.77. The zero-order valence-corrected chi connectivity index (χ0v) is 16.7. The van der Waals surface area contributed by atoms with E-state index in [1.165, 1.54) is 0 Å². The van der Waals surface area contributed by atoms with Crippen LogP contribution >= 0.6 is 0 Å². The molecule has 0 aliphatic carbocycles. The molecule has 1 unspecified atom stereocenters. The summed E-state index contributed by atoms with van der Waals surface area (Å²) < 4.78 is 0. The number of H-pyrrole nitrogens is 1. The summed E-state index contributed by atoms with van der Waals surface area (Å²) >= 11 is 0. The number of urea groups is 1. The number of carbonyl (C=O) groups is 1. The number of hydrogen-bond acceptors (Lipinski definition) is 4. The fourth-order valence-electron chi connectivity index (χ4n) is 3.14. The Hall–Kier alpha value is -3.35. The summed E-state index contributed by atoms with van der Waals surface area (Å²) in [5.74, 6) is 0.705. The van der Waals surface area contributed by atoms with Crippen molar-refractivity contribution >= 4 is 16.9 Å². The zero-order chi connectivity index (χ0) is 20.8. The van der Waals surface area contributed by atoms with Gasteiger partial charge in [0.1, 0.15) is 11.6 Å². The molecular weight excluding hydrogens is 368 g/mol. The molecule has 2 amide bonds. The Balaban J connectivity index is 1.59. The number of carbonyl (C=O) groups excluding carboxylic acids is 1. The molecule has 0 fully saturated rings. The van der Waals surface area contributed by atoms with Crippen molar-refractivity contribution in [2.24, 2.45) is 0 Å². The predicted octanol–water partition coefficient (Wildman–Crippen LogP) is 3.18. The van der Waals surface area contributed by atoms with Crippen molar-refractivity contribution in [3.63, 3.8) is 0 Å². The maximum Gasteiger partial charge on any atom is 0.318 e. The lowest BCUT2D eigenvalue weighted by molar-refractivity contribution is 0.193. The number of aromatic hydroxyl groups is 1. The largest absolute Gasteiger partial charge is 0.508 e. The summed E-state index contributed by atoms with van der Waals surface area (Å²) in [5.41, 5.74) is 1.52. The molecule has 29 heavy (non-hydrogen) atoms. The van der Waals surface area contributed by atoms with Crippen LogP contribution in [-0.4, -0.2) is 38.6 Å². The molecule has 2 aromatic carbocycles. The minimum absolute atomic E-state index is 0.0195. The number of nitrogens with zero attached hydrogens (tertiary/aromatic N) is 2. The Bertz CT molecular complexity index is 1030. The monoisotopic (exact) mass is 394 g/mol. The summed E-state index contributed by atoms with van der Waals surface area (Å²) in [6, 6.07) is 14.0. The summed E-state index contributed by atoms with van der Waals surface area (Å²) in [6.07, 6.45) is 1.58. The predicted molar refractivity (Wildman–Crippen MR) is 113 cm³/mol. The van der Waals surface area contributed by atoms with E-state index in [0.29, 0.717) is 23.3 Å². The van der Waals surface area contributed by atoms with Crippen LogP contribution in [0, 0.1) is 0 Å². The first kappa shape index (κ1) is 20.4. The number of para-hydroxylation sites is 1. The van der Waals surface area contributed by atoms with Crippen molar-refractivity contribution in [1.82, 2.24) is 20.2 Å². The summed E-state index contributed by atoms with van der Waals surface area (Å²) in [6.45, 7) is 4.57. The van der Waals surface area contributed by atoms with E-state index in [-0.39, 0.29) is 29.9 Å². The number of hydrogen-bond donors (Lipinski definition) is 3. The van der Waals surface area contributed by atoms with Gasteiger partial charge in [0.15, 0.2) is 0 Å².